The van der Waals surface area contributed by atoms with Gasteiger partial charge < -0.3 is 15.4 Å². The van der Waals surface area contributed by atoms with Crippen LogP contribution in [0.5, 0.6) is 0 Å². The van der Waals surface area contributed by atoms with Crippen LogP contribution < -0.4 is 10.6 Å². The molecule has 154 valence electrons. The largest absolute Gasteiger partial charge is 0.374 e. The smallest absolute Gasteiger partial charge is 0.191 e. The third kappa shape index (κ3) is 7.50. The van der Waals surface area contributed by atoms with E-state index in [1.54, 1.807) is 0 Å². The van der Waals surface area contributed by atoms with E-state index in [2.05, 4.69) is 64.1 Å². The van der Waals surface area contributed by atoms with Crippen LogP contribution in [0, 0.1) is 25.7 Å². The molecule has 0 amide bonds. The van der Waals surface area contributed by atoms with E-state index in [1.165, 1.54) is 5.69 Å². The van der Waals surface area contributed by atoms with E-state index in [0.29, 0.717) is 11.8 Å². The molecule has 27 heavy (non-hydrogen) atoms. The minimum Gasteiger partial charge on any atom is -0.374 e. The fourth-order valence-electron chi connectivity index (χ4n) is 3.51. The van der Waals surface area contributed by atoms with Gasteiger partial charge in [0.25, 0.3) is 0 Å². The van der Waals surface area contributed by atoms with Crippen molar-refractivity contribution in [2.24, 2.45) is 16.8 Å². The predicted octanol–water partition coefficient (Wildman–Crippen LogP) is 1.66. The summed E-state index contributed by atoms with van der Waals surface area (Å²) in [4.78, 5) is 6.84. The monoisotopic (exact) mass is 378 g/mol. The van der Waals surface area contributed by atoms with E-state index in [1.807, 2.05) is 14.0 Å². The maximum Gasteiger partial charge on any atom is 0.191 e. The summed E-state index contributed by atoms with van der Waals surface area (Å²) in [6, 6.07) is 2.12. The molecule has 1 aromatic rings. The third-order valence-electron chi connectivity index (χ3n) is 4.77. The number of aromatic nitrogens is 2. The molecule has 2 N–H and O–H groups in total. The molecule has 1 aromatic heterocycles. The summed E-state index contributed by atoms with van der Waals surface area (Å²) in [5.74, 6) is 1.98. The Morgan fingerprint density at radius 1 is 1.30 bits per heavy atom. The van der Waals surface area contributed by atoms with Crippen molar-refractivity contribution in [1.82, 2.24) is 25.3 Å². The van der Waals surface area contributed by atoms with Gasteiger partial charge in [-0.05, 0) is 31.7 Å². The lowest BCUT2D eigenvalue weighted by atomic mass is 10.2. The number of ether oxygens (including phenoxy) is 1. The average Bonchev–Trinajstić information content (AvgIpc) is 2.92. The number of guanidine groups is 1. The molecule has 1 saturated heterocycles. The Morgan fingerprint density at radius 2 is 2.07 bits per heavy atom. The van der Waals surface area contributed by atoms with E-state index in [4.69, 9.17) is 4.74 Å². The Bertz CT molecular complexity index is 597. The molecule has 2 rings (SSSR count). The highest BCUT2D eigenvalue weighted by Gasteiger charge is 2.21. The lowest BCUT2D eigenvalue weighted by molar-refractivity contribution is -0.0284. The average molecular weight is 379 g/mol. The number of nitrogens with one attached hydrogen (secondary N) is 2. The summed E-state index contributed by atoms with van der Waals surface area (Å²) in [5, 5.41) is 11.4. The fraction of sp³-hybridized carbons (Fsp3) is 0.800. The Balaban J connectivity index is 1.71. The van der Waals surface area contributed by atoms with Gasteiger partial charge in [-0.3, -0.25) is 14.6 Å². The Kier molecular flexibility index (Phi) is 8.57. The van der Waals surface area contributed by atoms with E-state index >= 15 is 0 Å². The van der Waals surface area contributed by atoms with Gasteiger partial charge in [0, 0.05) is 52.0 Å². The molecule has 1 aliphatic rings. The Hall–Kier alpha value is -1.60. The number of morpholine rings is 1. The van der Waals surface area contributed by atoms with Crippen LogP contribution in [-0.4, -0.2) is 73.1 Å². The first kappa shape index (κ1) is 21.7. The van der Waals surface area contributed by atoms with E-state index in [-0.39, 0.29) is 6.10 Å². The van der Waals surface area contributed by atoms with Crippen molar-refractivity contribution in [3.8, 4) is 0 Å². The van der Waals surface area contributed by atoms with Gasteiger partial charge in [0.15, 0.2) is 5.96 Å². The first-order valence-corrected chi connectivity index (χ1v) is 10.2. The number of hydrogen-bond donors (Lipinski definition) is 2. The van der Waals surface area contributed by atoms with Gasteiger partial charge in [-0.15, -0.1) is 0 Å². The van der Waals surface area contributed by atoms with Gasteiger partial charge in [0.05, 0.1) is 18.4 Å². The number of hydrogen-bond acceptors (Lipinski definition) is 4. The molecular formula is C20H38N6O. The molecule has 0 aromatic carbocycles. The van der Waals surface area contributed by atoms with Crippen molar-refractivity contribution >= 4 is 5.96 Å². The molecule has 0 aliphatic carbocycles. The zero-order chi connectivity index (χ0) is 19.8. The standard InChI is InChI=1S/C20H38N6O/c1-15(2)12-25-7-8-27-19(14-25)11-23-20(21-6)22-10-16(3)13-26-18(5)9-17(4)24-26/h9,15-16,19H,7-8,10-14H2,1-6H3,(H2,21,22,23). The maximum absolute atomic E-state index is 5.91. The highest BCUT2D eigenvalue weighted by molar-refractivity contribution is 5.79. The summed E-state index contributed by atoms with van der Waals surface area (Å²) < 4.78 is 7.99. The van der Waals surface area contributed by atoms with Gasteiger partial charge in [0.2, 0.25) is 0 Å². The Labute approximate surface area is 164 Å². The summed E-state index contributed by atoms with van der Waals surface area (Å²) in [5.41, 5.74) is 2.28. The van der Waals surface area contributed by atoms with Crippen molar-refractivity contribution in [3.05, 3.63) is 17.5 Å². The van der Waals surface area contributed by atoms with Gasteiger partial charge in [0.1, 0.15) is 0 Å². The maximum atomic E-state index is 5.91. The molecule has 2 heterocycles. The molecule has 2 unspecified atom stereocenters. The molecule has 0 radical (unpaired) electrons. The van der Waals surface area contributed by atoms with Crippen LogP contribution in [-0.2, 0) is 11.3 Å². The molecular weight excluding hydrogens is 340 g/mol. The molecule has 2 atom stereocenters. The zero-order valence-corrected chi connectivity index (χ0v) is 18.0. The van der Waals surface area contributed by atoms with Crippen LogP contribution in [0.2, 0.25) is 0 Å². The number of aryl methyl sites for hydroxylation is 2. The second-order valence-corrected chi connectivity index (χ2v) is 8.19. The molecule has 0 saturated carbocycles. The summed E-state index contributed by atoms with van der Waals surface area (Å²) in [7, 11) is 1.81. The van der Waals surface area contributed by atoms with Gasteiger partial charge in [-0.25, -0.2) is 0 Å². The van der Waals surface area contributed by atoms with Crippen LogP contribution in [0.15, 0.2) is 11.1 Å². The molecule has 7 heteroatoms. The van der Waals surface area contributed by atoms with E-state index in [0.717, 1.165) is 57.5 Å². The van der Waals surface area contributed by atoms with Crippen LogP contribution in [0.25, 0.3) is 0 Å². The highest BCUT2D eigenvalue weighted by Crippen LogP contribution is 2.08. The lowest BCUT2D eigenvalue weighted by Gasteiger charge is -2.34. The molecule has 1 aliphatic heterocycles. The molecule has 1 fully saturated rings. The van der Waals surface area contributed by atoms with Crippen molar-refractivity contribution in [2.75, 3.05) is 46.4 Å². The summed E-state index contributed by atoms with van der Waals surface area (Å²) in [6.07, 6.45) is 0.211. The van der Waals surface area contributed by atoms with E-state index < -0.39 is 0 Å². The second-order valence-electron chi connectivity index (χ2n) is 8.19. The quantitative estimate of drug-likeness (QED) is 0.532. The van der Waals surface area contributed by atoms with Crippen LogP contribution in [0.3, 0.4) is 0 Å². The van der Waals surface area contributed by atoms with Crippen LogP contribution >= 0.6 is 0 Å². The van der Waals surface area contributed by atoms with Crippen LogP contribution in [0.4, 0.5) is 0 Å². The first-order chi connectivity index (χ1) is 12.9. The van der Waals surface area contributed by atoms with Crippen molar-refractivity contribution in [2.45, 2.75) is 47.3 Å². The summed E-state index contributed by atoms with van der Waals surface area (Å²) in [6.45, 7) is 17.4. The topological polar surface area (TPSA) is 66.7 Å². The minimum atomic E-state index is 0.211. The number of nitrogens with zero attached hydrogens (tertiary/aromatic N) is 4. The van der Waals surface area contributed by atoms with Crippen LogP contribution in [0.1, 0.15) is 32.2 Å². The first-order valence-electron chi connectivity index (χ1n) is 10.2. The van der Waals surface area contributed by atoms with Gasteiger partial charge in [-0.2, -0.15) is 5.10 Å². The fourth-order valence-corrected chi connectivity index (χ4v) is 3.51. The number of rotatable bonds is 8. The van der Waals surface area contributed by atoms with Crippen molar-refractivity contribution in [3.63, 3.8) is 0 Å². The van der Waals surface area contributed by atoms with E-state index in [9.17, 15) is 0 Å². The lowest BCUT2D eigenvalue weighted by Crippen LogP contribution is -2.50. The van der Waals surface area contributed by atoms with Crippen molar-refractivity contribution in [1.29, 1.82) is 0 Å². The SMILES string of the molecule is CN=C(NCC(C)Cn1nc(C)cc1C)NCC1CN(CC(C)C)CCO1. The third-order valence-corrected chi connectivity index (χ3v) is 4.77. The normalized spacial score (nSPS) is 20.1. The predicted molar refractivity (Wildman–Crippen MR) is 111 cm³/mol. The molecule has 0 spiro atoms. The Morgan fingerprint density at radius 3 is 2.70 bits per heavy atom. The highest BCUT2D eigenvalue weighted by atomic mass is 16.5. The zero-order valence-electron chi connectivity index (χ0n) is 18.0. The second kappa shape index (κ2) is 10.7. The van der Waals surface area contributed by atoms with Crippen molar-refractivity contribution < 1.29 is 4.74 Å². The number of aliphatic imine (C=N–C) groups is 1. The van der Waals surface area contributed by atoms with Gasteiger partial charge >= 0.3 is 0 Å². The molecule has 7 nitrogen and oxygen atoms in total. The minimum absolute atomic E-state index is 0.211. The molecule has 0 bridgehead atoms. The summed E-state index contributed by atoms with van der Waals surface area (Å²) >= 11 is 0. The van der Waals surface area contributed by atoms with Gasteiger partial charge in [-0.1, -0.05) is 20.8 Å².